The molecule has 1 aromatic carbocycles. The first-order valence-corrected chi connectivity index (χ1v) is 6.32. The topological polar surface area (TPSA) is 76.0 Å². The number of carbonyl (C=O) groups is 1. The predicted molar refractivity (Wildman–Crippen MR) is 66.6 cm³/mol. The molecule has 1 atom stereocenters. The van der Waals surface area contributed by atoms with Gasteiger partial charge < -0.3 is 19.7 Å². The molecule has 0 amide bonds. The van der Waals surface area contributed by atoms with Crippen LogP contribution in [0.25, 0.3) is 0 Å². The van der Waals surface area contributed by atoms with Crippen molar-refractivity contribution in [2.75, 3.05) is 0 Å². The van der Waals surface area contributed by atoms with Crippen molar-refractivity contribution in [2.45, 2.75) is 45.3 Å². The summed E-state index contributed by atoms with van der Waals surface area (Å²) in [5.41, 5.74) is 0.927. The quantitative estimate of drug-likeness (QED) is 0.556. The van der Waals surface area contributed by atoms with E-state index < -0.39 is 17.7 Å². The second kappa shape index (κ2) is 3.56. The molecule has 0 spiro atoms. The molecule has 102 valence electrons. The molecular weight excluding hydrogens is 248 g/mol. The summed E-state index contributed by atoms with van der Waals surface area (Å²) in [7, 11) is 0. The van der Waals surface area contributed by atoms with Gasteiger partial charge in [-0.3, -0.25) is 0 Å². The van der Waals surface area contributed by atoms with Crippen molar-refractivity contribution in [3.63, 3.8) is 0 Å². The zero-order valence-corrected chi connectivity index (χ0v) is 11.1. The van der Waals surface area contributed by atoms with Gasteiger partial charge >= 0.3 is 5.97 Å². The Morgan fingerprint density at radius 1 is 1.26 bits per heavy atom. The standard InChI is InChI=1S/C14H16O5/c1-6-8-9(13(17)18-6)7-4-5-14(2,3)19-12(7)11(16)10(8)15/h6,15-16H,4-5H2,1-3H3. The number of ether oxygens (including phenoxy) is 2. The number of esters is 1. The minimum Gasteiger partial charge on any atom is -0.504 e. The average molecular weight is 264 g/mol. The van der Waals surface area contributed by atoms with E-state index in [2.05, 4.69) is 0 Å². The molecule has 2 aliphatic rings. The third-order valence-corrected chi connectivity index (χ3v) is 3.79. The van der Waals surface area contributed by atoms with Gasteiger partial charge in [-0.2, -0.15) is 0 Å². The van der Waals surface area contributed by atoms with Crippen LogP contribution in [0.15, 0.2) is 0 Å². The van der Waals surface area contributed by atoms with Crippen molar-refractivity contribution >= 4 is 5.97 Å². The highest BCUT2D eigenvalue weighted by atomic mass is 16.6. The third kappa shape index (κ3) is 1.57. The molecule has 0 radical (unpaired) electrons. The number of carbonyl (C=O) groups excluding carboxylic acids is 1. The maximum absolute atomic E-state index is 11.9. The molecular formula is C14H16O5. The van der Waals surface area contributed by atoms with Gasteiger partial charge in [-0.1, -0.05) is 0 Å². The molecule has 2 aliphatic heterocycles. The lowest BCUT2D eigenvalue weighted by molar-refractivity contribution is 0.0416. The van der Waals surface area contributed by atoms with Crippen LogP contribution in [0.2, 0.25) is 0 Å². The van der Waals surface area contributed by atoms with Gasteiger partial charge in [-0.05, 0) is 33.6 Å². The van der Waals surface area contributed by atoms with E-state index in [1.54, 1.807) is 6.92 Å². The van der Waals surface area contributed by atoms with E-state index in [0.29, 0.717) is 23.1 Å². The number of benzene rings is 1. The van der Waals surface area contributed by atoms with E-state index >= 15 is 0 Å². The molecule has 1 unspecified atom stereocenters. The number of rotatable bonds is 0. The van der Waals surface area contributed by atoms with Gasteiger partial charge in [0.25, 0.3) is 0 Å². The summed E-state index contributed by atoms with van der Waals surface area (Å²) in [6.07, 6.45) is 0.798. The van der Waals surface area contributed by atoms with E-state index in [-0.39, 0.29) is 17.2 Å². The molecule has 0 bridgehead atoms. The van der Waals surface area contributed by atoms with Crippen molar-refractivity contribution in [1.29, 1.82) is 0 Å². The smallest absolute Gasteiger partial charge is 0.339 e. The molecule has 5 heteroatoms. The van der Waals surface area contributed by atoms with Gasteiger partial charge in [0.2, 0.25) is 5.75 Å². The first kappa shape index (κ1) is 12.1. The molecule has 2 N–H and O–H groups in total. The molecule has 0 aromatic heterocycles. The molecule has 2 heterocycles. The Morgan fingerprint density at radius 3 is 2.63 bits per heavy atom. The summed E-state index contributed by atoms with van der Waals surface area (Å²) in [5, 5.41) is 20.2. The summed E-state index contributed by atoms with van der Waals surface area (Å²) in [4.78, 5) is 11.9. The van der Waals surface area contributed by atoms with Crippen LogP contribution in [0.5, 0.6) is 17.2 Å². The summed E-state index contributed by atoms with van der Waals surface area (Å²) in [5.74, 6) is -0.868. The number of hydrogen-bond donors (Lipinski definition) is 2. The van der Waals surface area contributed by atoms with Gasteiger partial charge in [-0.15, -0.1) is 0 Å². The number of hydrogen-bond acceptors (Lipinski definition) is 5. The lowest BCUT2D eigenvalue weighted by Crippen LogP contribution is -2.33. The molecule has 5 nitrogen and oxygen atoms in total. The fraction of sp³-hybridized carbons (Fsp3) is 0.500. The number of phenols is 2. The van der Waals surface area contributed by atoms with Crippen LogP contribution in [0, 0.1) is 0 Å². The molecule has 0 saturated carbocycles. The molecule has 3 rings (SSSR count). The Bertz CT molecular complexity index is 588. The second-order valence-corrected chi connectivity index (χ2v) is 5.70. The maximum Gasteiger partial charge on any atom is 0.339 e. The second-order valence-electron chi connectivity index (χ2n) is 5.70. The van der Waals surface area contributed by atoms with Crippen LogP contribution in [0.4, 0.5) is 0 Å². The Morgan fingerprint density at radius 2 is 1.95 bits per heavy atom. The highest BCUT2D eigenvalue weighted by Crippen LogP contribution is 2.52. The summed E-state index contributed by atoms with van der Waals surface area (Å²) in [6, 6.07) is 0. The van der Waals surface area contributed by atoms with Crippen LogP contribution < -0.4 is 4.74 Å². The van der Waals surface area contributed by atoms with E-state index in [4.69, 9.17) is 9.47 Å². The molecule has 1 aromatic rings. The van der Waals surface area contributed by atoms with Gasteiger partial charge in [0.15, 0.2) is 11.5 Å². The number of phenolic OH excluding ortho intramolecular Hbond substituents is 2. The van der Waals surface area contributed by atoms with Gasteiger partial charge in [0, 0.05) is 5.56 Å². The first-order valence-electron chi connectivity index (χ1n) is 6.32. The van der Waals surface area contributed by atoms with E-state index in [9.17, 15) is 15.0 Å². The summed E-state index contributed by atoms with van der Waals surface area (Å²) < 4.78 is 10.8. The Labute approximate surface area is 110 Å². The average Bonchev–Trinajstić information content (AvgIpc) is 2.61. The van der Waals surface area contributed by atoms with Crippen LogP contribution >= 0.6 is 0 Å². The van der Waals surface area contributed by atoms with E-state index in [1.165, 1.54) is 0 Å². The van der Waals surface area contributed by atoms with E-state index in [1.807, 2.05) is 13.8 Å². The Kier molecular flexibility index (Phi) is 2.27. The van der Waals surface area contributed by atoms with Crippen molar-refractivity contribution in [1.82, 2.24) is 0 Å². The van der Waals surface area contributed by atoms with Crippen molar-refractivity contribution in [3.8, 4) is 17.2 Å². The molecule has 0 fully saturated rings. The Hall–Kier alpha value is -1.91. The van der Waals surface area contributed by atoms with Crippen molar-refractivity contribution in [3.05, 3.63) is 16.7 Å². The van der Waals surface area contributed by atoms with Crippen molar-refractivity contribution in [2.24, 2.45) is 0 Å². The molecule has 0 saturated heterocycles. The van der Waals surface area contributed by atoms with Crippen LogP contribution in [-0.4, -0.2) is 21.8 Å². The highest BCUT2D eigenvalue weighted by Gasteiger charge is 2.41. The Balaban J connectivity index is 2.29. The normalized spacial score (nSPS) is 23.3. The zero-order chi connectivity index (χ0) is 13.9. The summed E-state index contributed by atoms with van der Waals surface area (Å²) >= 11 is 0. The van der Waals surface area contributed by atoms with Gasteiger partial charge in [0.1, 0.15) is 11.7 Å². The number of cyclic esters (lactones) is 1. The van der Waals surface area contributed by atoms with Crippen LogP contribution in [-0.2, 0) is 11.2 Å². The van der Waals surface area contributed by atoms with Crippen LogP contribution in [0.1, 0.15) is 54.8 Å². The monoisotopic (exact) mass is 264 g/mol. The fourth-order valence-electron chi connectivity index (χ4n) is 2.78. The SMILES string of the molecule is CC1OC(=O)c2c3c(c(O)c(O)c21)OC(C)(C)CC3. The molecule has 19 heavy (non-hydrogen) atoms. The van der Waals surface area contributed by atoms with Crippen molar-refractivity contribution < 1.29 is 24.5 Å². The zero-order valence-electron chi connectivity index (χ0n) is 11.1. The number of aromatic hydroxyl groups is 2. The first-order chi connectivity index (χ1) is 8.82. The highest BCUT2D eigenvalue weighted by molar-refractivity contribution is 5.98. The number of fused-ring (bicyclic) bond motifs is 3. The minimum atomic E-state index is -0.548. The maximum atomic E-state index is 11.9. The van der Waals surface area contributed by atoms with Gasteiger partial charge in [-0.25, -0.2) is 4.79 Å². The summed E-state index contributed by atoms with van der Waals surface area (Å²) in [6.45, 7) is 5.48. The largest absolute Gasteiger partial charge is 0.504 e. The molecule has 0 aliphatic carbocycles. The predicted octanol–water partition coefficient (Wildman–Crippen LogP) is 2.43. The third-order valence-electron chi connectivity index (χ3n) is 3.79. The fourth-order valence-corrected chi connectivity index (χ4v) is 2.78. The van der Waals surface area contributed by atoms with E-state index in [0.717, 1.165) is 6.42 Å². The lowest BCUT2D eigenvalue weighted by Gasteiger charge is -2.33. The van der Waals surface area contributed by atoms with Crippen LogP contribution in [0.3, 0.4) is 0 Å². The van der Waals surface area contributed by atoms with Gasteiger partial charge in [0.05, 0.1) is 11.1 Å². The minimum absolute atomic E-state index is 0.207. The lowest BCUT2D eigenvalue weighted by atomic mass is 9.88.